The lowest BCUT2D eigenvalue weighted by Crippen LogP contribution is -2.65. The van der Waals surface area contributed by atoms with Crippen molar-refractivity contribution in [3.05, 3.63) is 186 Å². The molecule has 149 heavy (non-hydrogen) atoms. The monoisotopic (exact) mass is 2140 g/mol. The summed E-state index contributed by atoms with van der Waals surface area (Å²) in [7, 11) is 0. The van der Waals surface area contributed by atoms with Crippen molar-refractivity contribution in [3.63, 3.8) is 0 Å². The van der Waals surface area contributed by atoms with E-state index in [9.17, 15) is 75.3 Å². The third kappa shape index (κ3) is 29.2. The number of amides is 8. The van der Waals surface area contributed by atoms with Crippen molar-refractivity contribution in [2.75, 3.05) is 70.9 Å². The Labute approximate surface area is 878 Å². The Balaban J connectivity index is 0.694. The lowest BCUT2D eigenvalue weighted by molar-refractivity contribution is -0.284. The molecule has 1 aromatic heterocycles. The van der Waals surface area contributed by atoms with E-state index >= 15 is 24.0 Å². The highest BCUT2D eigenvalue weighted by Gasteiger charge is 2.50. The summed E-state index contributed by atoms with van der Waals surface area (Å²) in [5, 5.41) is 155. The molecule has 802 valence electrons. The third-order valence-electron chi connectivity index (χ3n) is 26.2. The van der Waals surface area contributed by atoms with Gasteiger partial charge in [-0.05, 0) is 137 Å². The fourth-order valence-corrected chi connectivity index (χ4v) is 21.3. The van der Waals surface area contributed by atoms with Crippen molar-refractivity contribution in [3.8, 4) is 80.1 Å². The number of phenolic OH excluding ortho intramolecular Hbond substituents is 6. The van der Waals surface area contributed by atoms with E-state index in [1.54, 1.807) is 0 Å². The minimum Gasteiger partial charge on any atom is -0.508 e. The number of nitrogens with one attached hydrogen (secondary N) is 7. The Bertz CT molecular complexity index is 6050. The molecular weight excluding hydrogens is 2010 g/mol. The summed E-state index contributed by atoms with van der Waals surface area (Å²) in [5.41, 5.74) is -2.33. The van der Waals surface area contributed by atoms with Crippen LogP contribution < -0.4 is 51.4 Å². The summed E-state index contributed by atoms with van der Waals surface area (Å²) < 4.78 is 56.4. The number of aliphatic hydroxyl groups is 4. The van der Waals surface area contributed by atoms with Gasteiger partial charge in [0, 0.05) is 42.2 Å². The summed E-state index contributed by atoms with van der Waals surface area (Å²) in [6.07, 6.45) is 12.7. The van der Waals surface area contributed by atoms with Crippen LogP contribution in [-0.4, -0.2) is 249 Å². The second-order valence-corrected chi connectivity index (χ2v) is 40.3. The number of aliphatic carboxylic acids is 1. The Morgan fingerprint density at radius 2 is 1.08 bits per heavy atom. The number of phenols is 6. The third-order valence-corrected chi connectivity index (χ3v) is 29.3. The highest BCUT2D eigenvalue weighted by atomic mass is 35.5. The number of rotatable bonds is 44. The van der Waals surface area contributed by atoms with Gasteiger partial charge in [-0.1, -0.05) is 182 Å². The van der Waals surface area contributed by atoms with E-state index < -0.39 is 207 Å². The number of carboxylic acid groups (broad SMARTS) is 1. The van der Waals surface area contributed by atoms with Gasteiger partial charge in [0.25, 0.3) is 11.8 Å². The van der Waals surface area contributed by atoms with Gasteiger partial charge in [0.2, 0.25) is 41.2 Å². The maximum Gasteiger partial charge on any atom is 0.330 e. The Morgan fingerprint density at radius 1 is 0.517 bits per heavy atom. The van der Waals surface area contributed by atoms with Crippen LogP contribution in [0.2, 0.25) is 10.0 Å². The van der Waals surface area contributed by atoms with Gasteiger partial charge in [-0.25, -0.2) is 9.48 Å². The van der Waals surface area contributed by atoms with E-state index in [2.05, 4.69) is 61.4 Å². The number of halogens is 2. The average Bonchev–Trinajstić information content (AvgIpc) is 1.61. The van der Waals surface area contributed by atoms with Gasteiger partial charge in [0.1, 0.15) is 107 Å². The lowest BCUT2D eigenvalue weighted by atomic mass is 9.89. The molecule has 1 fully saturated rings. The average molecular weight is 2140 g/mol. The number of unbranched alkanes of at least 4 members (excludes halogenated alkanes) is 18. The van der Waals surface area contributed by atoms with Crippen LogP contribution in [-0.2, 0) is 84.6 Å². The zero-order valence-electron chi connectivity index (χ0n) is 82.6. The highest BCUT2D eigenvalue weighted by Crippen LogP contribution is 2.50. The predicted molar refractivity (Wildman–Crippen MR) is 546 cm³/mol. The van der Waals surface area contributed by atoms with Crippen LogP contribution in [0.5, 0.6) is 69.0 Å². The van der Waals surface area contributed by atoms with Crippen molar-refractivity contribution in [1.29, 1.82) is 0 Å². The van der Waals surface area contributed by atoms with Gasteiger partial charge in [0.15, 0.2) is 41.4 Å². The second kappa shape index (κ2) is 54.0. The molecule has 44 heteroatoms. The molecule has 1 saturated heterocycles. The first-order valence-electron chi connectivity index (χ1n) is 50.2. The maximum atomic E-state index is 16.3. The number of aliphatic hydroxyl groups excluding tert-OH is 4. The van der Waals surface area contributed by atoms with Crippen molar-refractivity contribution in [2.45, 2.75) is 247 Å². The van der Waals surface area contributed by atoms with Crippen molar-refractivity contribution in [2.24, 2.45) is 0 Å². The molecule has 7 aromatic carbocycles. The zero-order chi connectivity index (χ0) is 106. The number of hydrogen-bond acceptors (Lipinski definition) is 33. The van der Waals surface area contributed by atoms with Crippen molar-refractivity contribution >= 4 is 100.0 Å². The number of nitrogens with zero attached hydrogens (tertiary/aromatic N) is 4. The molecular formula is C105H127Cl2N11O29S2. The van der Waals surface area contributed by atoms with E-state index in [0.717, 1.165) is 128 Å². The molecule has 9 heterocycles. The first-order chi connectivity index (χ1) is 71.9. The SMILES string of the molecule is CCCCCCCCCCCCSC1=C(SCCCCCCCCCCCC)C(=O)N(CCOCCOCCOCCOCc2cn(C3C(=O)N[C@@H]4Cc5ccc(c(Cl)c5)Oc5cc6cc(c5O)Oc5ccc(cc5Cl)[C@@H](O[C@@H]5O[C@H](CO)[C@@H](O)[C@H](O)[C@H]5NC(C)=O)[C@H]5NC(=O)[C@H](NC(O)[C@@H]6NC(=O)[C@@H](NC4=O)c4cc(O)cc(c4)Oc4cc3ccc4O)c3ccc(O)c(c3)-c3c(O)cc(O)cc3[C@H](C(=O)O)NC5=O)nn2)C1=O. The van der Waals surface area contributed by atoms with Crippen LogP contribution in [0.4, 0.5) is 0 Å². The van der Waals surface area contributed by atoms with E-state index in [0.29, 0.717) is 9.81 Å². The fourth-order valence-electron chi connectivity index (χ4n) is 18.5. The number of thioether (sulfide) groups is 2. The minimum absolute atomic E-state index is 0.0532. The summed E-state index contributed by atoms with van der Waals surface area (Å²) in [4.78, 5) is 137. The molecule has 16 rings (SSSR count). The summed E-state index contributed by atoms with van der Waals surface area (Å²) in [6, 6.07) is 5.45. The molecule has 0 aliphatic carbocycles. The number of hydrogen-bond donors (Lipinski definition) is 18. The number of aromatic hydroxyl groups is 6. The number of ether oxygens (including phenoxy) is 9. The molecule has 18 N–H and O–H groups in total. The van der Waals surface area contributed by atoms with Crippen LogP contribution in [0.25, 0.3) is 11.1 Å². The van der Waals surface area contributed by atoms with Crippen LogP contribution in [0.1, 0.15) is 230 Å². The maximum absolute atomic E-state index is 16.3. The Hall–Kier alpha value is -12.1. The van der Waals surface area contributed by atoms with Gasteiger partial charge in [-0.15, -0.1) is 28.6 Å². The van der Waals surface area contributed by atoms with Gasteiger partial charge in [-0.2, -0.15) is 0 Å². The fraction of sp³-hybridized carbons (Fsp3) is 0.476. The molecule has 2 unspecified atom stereocenters. The number of fused-ring (bicyclic) bond motifs is 14. The molecule has 0 radical (unpaired) electrons. The van der Waals surface area contributed by atoms with Gasteiger partial charge < -0.3 is 131 Å². The van der Waals surface area contributed by atoms with E-state index in [1.165, 1.54) is 173 Å². The molecule has 0 spiro atoms. The normalized spacial score (nSPS) is 21.9. The number of imide groups is 1. The highest BCUT2D eigenvalue weighted by molar-refractivity contribution is 8.08. The minimum atomic E-state index is -2.50. The van der Waals surface area contributed by atoms with E-state index in [-0.39, 0.29) is 138 Å². The van der Waals surface area contributed by atoms with Gasteiger partial charge in [0.05, 0.1) is 98.1 Å². The number of aromatic nitrogens is 3. The Kier molecular flexibility index (Phi) is 40.8. The number of carbonyl (C=O) groups is 9. The first-order valence-corrected chi connectivity index (χ1v) is 53.0. The molecule has 0 saturated carbocycles. The quantitative estimate of drug-likeness (QED) is 0.0125. The van der Waals surface area contributed by atoms with E-state index in [4.69, 9.17) is 65.8 Å². The predicted octanol–water partition coefficient (Wildman–Crippen LogP) is 12.4. The summed E-state index contributed by atoms with van der Waals surface area (Å²) in [5.74, 6) is -14.7. The number of carbonyl (C=O) groups excluding carboxylic acids is 8. The zero-order valence-corrected chi connectivity index (χ0v) is 85.7. The molecule has 40 nitrogen and oxygen atoms in total. The van der Waals surface area contributed by atoms with Crippen LogP contribution in [0.3, 0.4) is 0 Å². The molecule has 8 aliphatic rings. The Morgan fingerprint density at radius 3 is 1.69 bits per heavy atom. The topological polar surface area (TPSA) is 577 Å². The molecule has 8 aliphatic heterocycles. The summed E-state index contributed by atoms with van der Waals surface area (Å²) >= 11 is 17.4. The molecule has 14 atom stereocenters. The van der Waals surface area contributed by atoms with Crippen LogP contribution >= 0.6 is 46.7 Å². The first kappa shape index (κ1) is 113. The standard InChI is InChI=1S/C105H127Cl2N11O29S2/c1-4-6-8-10-12-14-16-18-20-22-40-148-94-95(149-41-23-21-19-17-15-13-11-9-7-5-2)103(136)117(102(94)135)32-33-139-34-35-140-36-37-141-38-39-142-56-64-54-118(116-115-64)89-60-26-29-74(124)78(48-60)143-67-45-62(44-65(121)51-67)84-98(131)112-85-63-49-79(144-76-30-24-58(42-70(76)106)43-72(96(129)110-84)109-101(89)134)90(126)80(50-63)145-77-31-27-61(47-71(77)107)93(147-105-87(108-57(3)120)92(128)91(127)81(55-119)146-105)88-100(133)113-86(104(137)138)69-52-66(122)53-75(125)82(69)68-46-59(25-28-73(68)123)83(97(130)114-88)111-99(85)132/h24-31,42,44-54,72,81,83-89,91-93,99,105,111,119,121-128,132H,4-23,32-41,43,55-56H2,1-3H3,(H,108,120)(H,109,134)(H,110,129)(H,112,131)(H,113,133)(H,114,130)(H,137,138)/t72-,81-,83-,84+,85-,86-,87-,88-,89?,91-,92-,93-,99?,105+/m1/s1. The molecule has 8 aromatic rings. The van der Waals surface area contributed by atoms with E-state index in [1.807, 2.05) is 0 Å². The largest absolute Gasteiger partial charge is 0.508 e. The van der Waals surface area contributed by atoms with Crippen LogP contribution in [0.15, 0.2) is 131 Å². The number of carboxylic acids is 1. The van der Waals surface area contributed by atoms with Crippen LogP contribution in [0, 0.1) is 0 Å². The number of benzene rings is 7. The molecule has 17 bridgehead atoms. The smallest absolute Gasteiger partial charge is 0.330 e. The van der Waals surface area contributed by atoms with Gasteiger partial charge in [-0.3, -0.25) is 48.6 Å². The molecule has 8 amide bonds. The van der Waals surface area contributed by atoms with Crippen molar-refractivity contribution in [1.82, 2.24) is 57.1 Å². The van der Waals surface area contributed by atoms with Crippen molar-refractivity contribution < 1.29 is 142 Å². The second-order valence-electron chi connectivity index (χ2n) is 37.3. The van der Waals surface area contributed by atoms with Gasteiger partial charge >= 0.3 is 5.97 Å². The summed E-state index contributed by atoms with van der Waals surface area (Å²) in [6.45, 7) is 5.51. The lowest BCUT2D eigenvalue weighted by Gasteiger charge is -2.44.